The van der Waals surface area contributed by atoms with Gasteiger partial charge in [0.25, 0.3) is 0 Å². The Morgan fingerprint density at radius 3 is 0.837 bits per heavy atom. The van der Waals surface area contributed by atoms with Crippen LogP contribution in [0.5, 0.6) is 0 Å². The number of hydrogen-bond donors (Lipinski definition) is 0. The molecule has 14 aromatic rings. The molecule has 14 heteroatoms. The lowest BCUT2D eigenvalue weighted by atomic mass is 10.0. The first-order valence-electron chi connectivity index (χ1n) is 29.9. The van der Waals surface area contributed by atoms with Crippen LogP contribution in [0.15, 0.2) is 340 Å². The Kier molecular flexibility index (Phi) is 16.4. The van der Waals surface area contributed by atoms with E-state index in [1.165, 1.54) is 0 Å². The lowest BCUT2D eigenvalue weighted by Crippen LogP contribution is -2.33. The minimum Gasteiger partial charge on any atom is -0.309 e. The summed E-state index contributed by atoms with van der Waals surface area (Å²) in [6.07, 6.45) is 10.2. The van der Waals surface area contributed by atoms with Gasteiger partial charge >= 0.3 is 0 Å². The molecule has 0 amide bonds. The van der Waals surface area contributed by atoms with Crippen molar-refractivity contribution >= 4 is 92.2 Å². The monoisotopic (exact) mass is 1260 g/mol. The molecule has 0 saturated carbocycles. The van der Waals surface area contributed by atoms with Crippen molar-refractivity contribution in [1.29, 1.82) is 0 Å². The van der Waals surface area contributed by atoms with Gasteiger partial charge in [0, 0.05) is 134 Å². The molecular formula is C78H56N6O4P4. The summed E-state index contributed by atoms with van der Waals surface area (Å²) in [5.41, 5.74) is 4.31. The standard InChI is InChI=1S/C78H56N6O4P4/c85-89(60-28-9-1-10-29-60,61-30-11-2-12-31-61)72-53-69(73(52-68(72)77-80-48-27-49-81-77)90(86,62-32-13-3-14-33-62)63-34-15-4-16-35-63)78-83-55-59(56-84-78)57-45-46-70(82-54-57)58-50-74(91(87,64-36-17-5-18-37-64)65-38-19-6-20-39-65)76(71-44-25-26-47-79-71)75(51-58)92(88,66-40-21-7-22-41-66)67-42-23-8-24-43-67/h1-56H. The minimum atomic E-state index is -3.85. The van der Waals surface area contributed by atoms with Gasteiger partial charge in [0.1, 0.15) is 0 Å². The van der Waals surface area contributed by atoms with Crippen LogP contribution < -0.4 is 63.7 Å². The molecule has 0 spiro atoms. The molecule has 0 saturated heterocycles. The highest BCUT2D eigenvalue weighted by Crippen LogP contribution is 2.53. The predicted octanol–water partition coefficient (Wildman–Crippen LogP) is 12.9. The molecule has 0 atom stereocenters. The summed E-state index contributed by atoms with van der Waals surface area (Å²) < 4.78 is 67.7. The van der Waals surface area contributed by atoms with Crippen molar-refractivity contribution in [2.45, 2.75) is 0 Å². The summed E-state index contributed by atoms with van der Waals surface area (Å²) in [5, 5.41) is 6.48. The molecule has 0 aliphatic carbocycles. The third-order valence-corrected chi connectivity index (χ3v) is 28.9. The van der Waals surface area contributed by atoms with E-state index in [4.69, 9.17) is 29.9 Å². The zero-order chi connectivity index (χ0) is 62.5. The number of nitrogens with zero attached hydrogens (tertiary/aromatic N) is 6. The Bertz CT molecular complexity index is 4820. The van der Waals surface area contributed by atoms with E-state index < -0.39 is 28.6 Å². The van der Waals surface area contributed by atoms with Gasteiger partial charge in [-0.15, -0.1) is 0 Å². The van der Waals surface area contributed by atoms with Crippen molar-refractivity contribution in [1.82, 2.24) is 29.9 Å². The van der Waals surface area contributed by atoms with Gasteiger partial charge in [-0.3, -0.25) is 9.97 Å². The van der Waals surface area contributed by atoms with E-state index in [9.17, 15) is 0 Å². The van der Waals surface area contributed by atoms with E-state index in [1.807, 2.05) is 297 Å². The summed E-state index contributed by atoms with van der Waals surface area (Å²) >= 11 is 0. The molecule has 4 heterocycles. The number of rotatable bonds is 17. The molecule has 442 valence electrons. The van der Waals surface area contributed by atoms with Crippen molar-refractivity contribution in [2.75, 3.05) is 0 Å². The minimum absolute atomic E-state index is 0.241. The summed E-state index contributed by atoms with van der Waals surface area (Å²) in [7, 11) is -15.3. The summed E-state index contributed by atoms with van der Waals surface area (Å²) in [6.45, 7) is 0. The molecule has 14 rings (SSSR count). The van der Waals surface area contributed by atoms with E-state index in [-0.39, 0.29) is 5.82 Å². The van der Waals surface area contributed by atoms with Gasteiger partial charge in [0.2, 0.25) is 0 Å². The van der Waals surface area contributed by atoms with Crippen LogP contribution in [-0.4, -0.2) is 29.9 Å². The van der Waals surface area contributed by atoms with Gasteiger partial charge in [-0.2, -0.15) is 0 Å². The zero-order valence-corrected chi connectivity index (χ0v) is 53.0. The highest BCUT2D eigenvalue weighted by Gasteiger charge is 2.42. The molecule has 0 radical (unpaired) electrons. The molecule has 0 unspecified atom stereocenters. The average Bonchev–Trinajstić information content (AvgIpc) is 0.733. The zero-order valence-electron chi connectivity index (χ0n) is 49.4. The van der Waals surface area contributed by atoms with Crippen LogP contribution in [0.1, 0.15) is 0 Å². The first kappa shape index (κ1) is 59.2. The number of pyridine rings is 2. The van der Waals surface area contributed by atoms with E-state index in [0.29, 0.717) is 114 Å². The Balaban J connectivity index is 0.969. The van der Waals surface area contributed by atoms with Crippen LogP contribution in [0, 0.1) is 0 Å². The van der Waals surface area contributed by atoms with Crippen LogP contribution in [0.25, 0.3) is 56.4 Å². The quantitative estimate of drug-likeness (QED) is 0.0808. The molecule has 92 heavy (non-hydrogen) atoms. The molecule has 0 bridgehead atoms. The molecule has 4 aromatic heterocycles. The van der Waals surface area contributed by atoms with Gasteiger partial charge in [-0.1, -0.05) is 255 Å². The number of benzene rings is 10. The van der Waals surface area contributed by atoms with Crippen LogP contribution in [-0.2, 0) is 18.3 Å². The van der Waals surface area contributed by atoms with Crippen LogP contribution >= 0.6 is 28.6 Å². The Morgan fingerprint density at radius 1 is 0.217 bits per heavy atom. The maximum atomic E-state index is 17.0. The first-order valence-corrected chi connectivity index (χ1v) is 36.7. The van der Waals surface area contributed by atoms with E-state index in [0.717, 1.165) is 0 Å². The molecule has 0 N–H and O–H groups in total. The van der Waals surface area contributed by atoms with Gasteiger partial charge in [-0.25, -0.2) is 19.9 Å². The molecule has 10 aromatic carbocycles. The number of aromatic nitrogens is 6. The summed E-state index contributed by atoms with van der Waals surface area (Å²) in [5.74, 6) is 0.548. The highest BCUT2D eigenvalue weighted by atomic mass is 31.2. The molecule has 0 aliphatic rings. The molecule has 0 fully saturated rings. The van der Waals surface area contributed by atoms with Crippen molar-refractivity contribution in [3.63, 3.8) is 0 Å². The van der Waals surface area contributed by atoms with Crippen molar-refractivity contribution < 1.29 is 18.3 Å². The normalized spacial score (nSPS) is 11.9. The predicted molar refractivity (Wildman–Crippen MR) is 378 cm³/mol. The second-order valence-corrected chi connectivity index (χ2v) is 32.8. The van der Waals surface area contributed by atoms with Crippen LogP contribution in [0.2, 0.25) is 0 Å². The fourth-order valence-electron chi connectivity index (χ4n) is 12.1. The van der Waals surface area contributed by atoms with Crippen molar-refractivity contribution in [3.8, 4) is 56.4 Å². The van der Waals surface area contributed by atoms with Crippen molar-refractivity contribution in [3.05, 3.63) is 340 Å². The number of hydrogen-bond acceptors (Lipinski definition) is 10. The maximum Gasteiger partial charge on any atom is 0.171 e. The Morgan fingerprint density at radius 2 is 0.522 bits per heavy atom. The lowest BCUT2D eigenvalue weighted by Gasteiger charge is -2.29. The van der Waals surface area contributed by atoms with E-state index >= 15 is 18.3 Å². The fraction of sp³-hybridized carbons (Fsp3) is 0. The first-order chi connectivity index (χ1) is 45.2. The second kappa shape index (κ2) is 25.5. The third-order valence-electron chi connectivity index (χ3n) is 16.5. The largest absolute Gasteiger partial charge is 0.309 e. The average molecular weight is 1270 g/mol. The van der Waals surface area contributed by atoms with Crippen LogP contribution in [0.3, 0.4) is 0 Å². The maximum absolute atomic E-state index is 17.0. The topological polar surface area (TPSA) is 146 Å². The second-order valence-electron chi connectivity index (χ2n) is 21.9. The summed E-state index contributed by atoms with van der Waals surface area (Å²) in [6, 6.07) is 94.2. The van der Waals surface area contributed by atoms with Gasteiger partial charge in [0.05, 0.1) is 11.4 Å². The lowest BCUT2D eigenvalue weighted by molar-refractivity contribution is 0.591. The van der Waals surface area contributed by atoms with Gasteiger partial charge in [-0.05, 0) is 48.5 Å². The van der Waals surface area contributed by atoms with Crippen molar-refractivity contribution in [2.24, 2.45) is 0 Å². The summed E-state index contributed by atoms with van der Waals surface area (Å²) in [4.78, 5) is 29.9. The Labute approximate surface area is 534 Å². The smallest absolute Gasteiger partial charge is 0.171 e. The molecular weight excluding hydrogens is 1210 g/mol. The van der Waals surface area contributed by atoms with Gasteiger partial charge in [0.15, 0.2) is 40.2 Å². The molecule has 0 aliphatic heterocycles. The van der Waals surface area contributed by atoms with E-state index in [2.05, 4.69) is 0 Å². The SMILES string of the molecule is O=P(c1ccccc1)(c1ccccc1)c1cc(-c2ncc(-c3ccc(-c4cc(P(=O)(c5ccccc5)c5ccccc5)c(-c5ccccn5)c(P(=O)(c5ccccc5)c5ccccc5)c4)nc3)cn2)c(P(=O)(c2ccccc2)c2ccccc2)cc1-c1ncccn1. The third kappa shape index (κ3) is 10.8. The molecule has 10 nitrogen and oxygen atoms in total. The van der Waals surface area contributed by atoms with Crippen LogP contribution in [0.4, 0.5) is 0 Å². The highest BCUT2D eigenvalue weighted by molar-refractivity contribution is 7.87. The Hall–Kier alpha value is -10.4. The fourth-order valence-corrected chi connectivity index (χ4v) is 23.7. The van der Waals surface area contributed by atoms with Gasteiger partial charge < -0.3 is 18.3 Å². The van der Waals surface area contributed by atoms with E-state index in [1.54, 1.807) is 43.2 Å².